The molecule has 0 N–H and O–H groups in total. The van der Waals surface area contributed by atoms with E-state index in [0.29, 0.717) is 45.0 Å². The molecule has 2 aliphatic rings. The number of benzene rings is 1. The molecule has 0 bridgehead atoms. The van der Waals surface area contributed by atoms with E-state index in [1.165, 1.54) is 4.31 Å². The van der Waals surface area contributed by atoms with Gasteiger partial charge in [0.1, 0.15) is 5.69 Å². The Bertz CT molecular complexity index is 983. The summed E-state index contributed by atoms with van der Waals surface area (Å²) in [7, 11) is 0.411. The molecule has 29 heavy (non-hydrogen) atoms. The van der Waals surface area contributed by atoms with E-state index in [9.17, 15) is 13.2 Å². The lowest BCUT2D eigenvalue weighted by atomic mass is 10.2. The van der Waals surface area contributed by atoms with Gasteiger partial charge >= 0.3 is 0 Å². The highest BCUT2D eigenvalue weighted by molar-refractivity contribution is 9.10. The number of rotatable bonds is 3. The number of halogens is 1. The predicted octanol–water partition coefficient (Wildman–Crippen LogP) is 1.19. The number of fused-ring (bicyclic) bond motifs is 1. The van der Waals surface area contributed by atoms with Crippen molar-refractivity contribution in [2.45, 2.75) is 0 Å². The Labute approximate surface area is 179 Å². The Balaban J connectivity index is 1.47. The Kier molecular flexibility index (Phi) is 5.73. The van der Waals surface area contributed by atoms with Crippen LogP contribution in [0.4, 0.5) is 0 Å². The van der Waals surface area contributed by atoms with E-state index in [-0.39, 0.29) is 5.91 Å². The molecule has 0 radical (unpaired) electrons. The highest BCUT2D eigenvalue weighted by Gasteiger charge is 2.35. The smallest absolute Gasteiger partial charge is 0.282 e. The van der Waals surface area contributed by atoms with Crippen molar-refractivity contribution in [2.75, 3.05) is 59.4 Å². The van der Waals surface area contributed by atoms with Gasteiger partial charge in [0.2, 0.25) is 0 Å². The van der Waals surface area contributed by atoms with Crippen molar-refractivity contribution in [3.8, 4) is 0 Å². The summed E-state index contributed by atoms with van der Waals surface area (Å²) >= 11 is 3.59. The van der Waals surface area contributed by atoms with E-state index < -0.39 is 10.2 Å². The van der Waals surface area contributed by atoms with Crippen molar-refractivity contribution in [3.63, 3.8) is 0 Å². The minimum absolute atomic E-state index is 0.0766. The van der Waals surface area contributed by atoms with Gasteiger partial charge in [-0.05, 0) is 29.0 Å². The average Bonchev–Trinajstić information content (AvgIpc) is 2.98. The molecule has 158 valence electrons. The molecule has 0 aliphatic carbocycles. The lowest BCUT2D eigenvalue weighted by molar-refractivity contribution is 0.0682. The van der Waals surface area contributed by atoms with E-state index >= 15 is 0 Å². The third-order valence-corrected chi connectivity index (χ3v) is 8.73. The van der Waals surface area contributed by atoms with Gasteiger partial charge in [-0.1, -0.05) is 18.2 Å². The SMILES string of the molecule is CN1CCN(S(=O)(=O)N2CCN(C(=O)c3c(Br)c4ccccc4n3C)CC2)CC1. The third kappa shape index (κ3) is 3.72. The van der Waals surface area contributed by atoms with Crippen LogP contribution in [0.15, 0.2) is 28.7 Å². The van der Waals surface area contributed by atoms with Crippen molar-refractivity contribution in [1.82, 2.24) is 23.0 Å². The number of aromatic nitrogens is 1. The Morgan fingerprint density at radius 1 is 0.897 bits per heavy atom. The van der Waals surface area contributed by atoms with Gasteiger partial charge < -0.3 is 14.4 Å². The van der Waals surface area contributed by atoms with Crippen LogP contribution in [0.5, 0.6) is 0 Å². The van der Waals surface area contributed by atoms with E-state index in [1.807, 2.05) is 42.9 Å². The number of amides is 1. The van der Waals surface area contributed by atoms with Crippen LogP contribution < -0.4 is 0 Å². The van der Waals surface area contributed by atoms with Crippen molar-refractivity contribution < 1.29 is 13.2 Å². The van der Waals surface area contributed by atoms with Gasteiger partial charge in [0.15, 0.2) is 0 Å². The lowest BCUT2D eigenvalue weighted by Gasteiger charge is -2.39. The van der Waals surface area contributed by atoms with E-state index in [0.717, 1.165) is 28.5 Å². The molecule has 1 aromatic carbocycles. The molecule has 3 heterocycles. The normalized spacial score (nSPS) is 20.4. The molecule has 4 rings (SSSR count). The monoisotopic (exact) mass is 483 g/mol. The topological polar surface area (TPSA) is 69.1 Å². The highest BCUT2D eigenvalue weighted by Crippen LogP contribution is 2.31. The molecular weight excluding hydrogens is 458 g/mol. The van der Waals surface area contributed by atoms with Gasteiger partial charge in [0.25, 0.3) is 16.1 Å². The minimum Gasteiger partial charge on any atom is -0.339 e. The predicted molar refractivity (Wildman–Crippen MR) is 116 cm³/mol. The fourth-order valence-corrected chi connectivity index (χ4v) is 6.39. The van der Waals surface area contributed by atoms with Crippen molar-refractivity contribution >= 4 is 42.9 Å². The first-order valence-electron chi connectivity index (χ1n) is 9.76. The Morgan fingerprint density at radius 2 is 1.45 bits per heavy atom. The fourth-order valence-electron chi connectivity index (χ4n) is 4.04. The molecule has 2 aromatic rings. The van der Waals surface area contributed by atoms with Crippen LogP contribution in [0.3, 0.4) is 0 Å². The van der Waals surface area contributed by atoms with Crippen LogP contribution in [-0.4, -0.2) is 96.7 Å². The molecular formula is C19H26BrN5O3S. The van der Waals surface area contributed by atoms with E-state index in [4.69, 9.17) is 0 Å². The molecule has 1 amide bonds. The number of hydrogen-bond acceptors (Lipinski definition) is 4. The van der Waals surface area contributed by atoms with Crippen LogP contribution in [0.1, 0.15) is 10.5 Å². The number of carbonyl (C=O) groups is 1. The molecule has 2 fully saturated rings. The van der Waals surface area contributed by atoms with E-state index in [2.05, 4.69) is 20.8 Å². The summed E-state index contributed by atoms with van der Waals surface area (Å²) in [4.78, 5) is 17.1. The molecule has 0 saturated carbocycles. The maximum absolute atomic E-state index is 13.2. The largest absolute Gasteiger partial charge is 0.339 e. The summed E-state index contributed by atoms with van der Waals surface area (Å²) < 4.78 is 31.6. The molecule has 2 aliphatic heterocycles. The summed E-state index contributed by atoms with van der Waals surface area (Å²) in [6.45, 7) is 3.94. The first-order valence-corrected chi connectivity index (χ1v) is 12.0. The number of para-hydroxylation sites is 1. The molecule has 8 nitrogen and oxygen atoms in total. The van der Waals surface area contributed by atoms with E-state index in [1.54, 1.807) is 9.21 Å². The summed E-state index contributed by atoms with van der Waals surface area (Å²) in [5.41, 5.74) is 1.58. The third-order valence-electron chi connectivity index (χ3n) is 5.89. The second kappa shape index (κ2) is 7.99. The van der Waals surface area contributed by atoms with Gasteiger partial charge in [0, 0.05) is 70.3 Å². The fraction of sp³-hybridized carbons (Fsp3) is 0.526. The quantitative estimate of drug-likeness (QED) is 0.657. The highest BCUT2D eigenvalue weighted by atomic mass is 79.9. The lowest BCUT2D eigenvalue weighted by Crippen LogP contribution is -2.57. The standard InChI is InChI=1S/C19H26BrN5O3S/c1-21-7-11-24(12-8-21)29(27,28)25-13-9-23(10-14-25)19(26)18-17(20)15-5-3-4-6-16(15)22(18)2/h3-6H,7-14H2,1-2H3. The number of likely N-dealkylation sites (N-methyl/N-ethyl adjacent to an activating group) is 1. The minimum atomic E-state index is -3.47. The average molecular weight is 484 g/mol. The zero-order valence-electron chi connectivity index (χ0n) is 16.7. The Hall–Kier alpha value is -1.46. The number of aryl methyl sites for hydroxylation is 1. The first-order chi connectivity index (χ1) is 13.8. The summed E-state index contributed by atoms with van der Waals surface area (Å²) in [5.74, 6) is -0.0766. The van der Waals surface area contributed by atoms with Crippen LogP contribution in [0.25, 0.3) is 10.9 Å². The molecule has 0 atom stereocenters. The number of nitrogens with zero attached hydrogens (tertiary/aromatic N) is 5. The number of hydrogen-bond donors (Lipinski definition) is 0. The van der Waals surface area contributed by atoms with Crippen molar-refractivity contribution in [3.05, 3.63) is 34.4 Å². The van der Waals surface area contributed by atoms with Crippen LogP contribution in [0, 0.1) is 0 Å². The summed E-state index contributed by atoms with van der Waals surface area (Å²) in [6, 6.07) is 7.86. The van der Waals surface area contributed by atoms with Gasteiger partial charge in [-0.2, -0.15) is 17.0 Å². The second-order valence-corrected chi connectivity index (χ2v) is 10.4. The molecule has 10 heteroatoms. The molecule has 2 saturated heterocycles. The van der Waals surface area contributed by atoms with Crippen molar-refractivity contribution in [2.24, 2.45) is 7.05 Å². The first kappa shape index (κ1) is 20.8. The summed E-state index contributed by atoms with van der Waals surface area (Å²) in [6.07, 6.45) is 0. The summed E-state index contributed by atoms with van der Waals surface area (Å²) in [5, 5.41) is 0.995. The van der Waals surface area contributed by atoms with Gasteiger partial charge in [-0.3, -0.25) is 4.79 Å². The van der Waals surface area contributed by atoms with Gasteiger partial charge in [-0.15, -0.1) is 0 Å². The molecule has 1 aromatic heterocycles. The van der Waals surface area contributed by atoms with Crippen LogP contribution in [-0.2, 0) is 17.3 Å². The second-order valence-electron chi connectivity index (χ2n) is 7.64. The Morgan fingerprint density at radius 3 is 2.03 bits per heavy atom. The molecule has 0 unspecified atom stereocenters. The zero-order valence-corrected chi connectivity index (χ0v) is 19.1. The maximum Gasteiger partial charge on any atom is 0.282 e. The van der Waals surface area contributed by atoms with Crippen LogP contribution in [0.2, 0.25) is 0 Å². The van der Waals surface area contributed by atoms with Gasteiger partial charge in [-0.25, -0.2) is 0 Å². The molecule has 0 spiro atoms. The number of carbonyl (C=O) groups excluding carboxylic acids is 1. The van der Waals surface area contributed by atoms with Crippen LogP contribution >= 0.6 is 15.9 Å². The zero-order chi connectivity index (χ0) is 20.8. The maximum atomic E-state index is 13.2. The van der Waals surface area contributed by atoms with Gasteiger partial charge in [0.05, 0.1) is 4.47 Å². The number of piperazine rings is 2. The van der Waals surface area contributed by atoms with Crippen molar-refractivity contribution in [1.29, 1.82) is 0 Å².